The summed E-state index contributed by atoms with van der Waals surface area (Å²) >= 11 is 3.47. The Bertz CT molecular complexity index is 658. The average molecular weight is 334 g/mol. The Morgan fingerprint density at radius 2 is 2.00 bits per heavy atom. The number of nitrogens with zero attached hydrogens (tertiary/aromatic N) is 2. The van der Waals surface area contributed by atoms with E-state index in [4.69, 9.17) is 15.5 Å². The van der Waals surface area contributed by atoms with Crippen molar-refractivity contribution in [2.75, 3.05) is 12.8 Å². The second-order valence-corrected chi connectivity index (χ2v) is 5.83. The normalized spacial score (nSPS) is 13.9. The molecule has 0 radical (unpaired) electrons. The first-order chi connectivity index (χ1) is 9.69. The number of methoxy groups -OCH3 is 1. The maximum absolute atomic E-state index is 6.11. The highest BCUT2D eigenvalue weighted by Crippen LogP contribution is 2.33. The number of rotatable bonds is 2. The van der Waals surface area contributed by atoms with Crippen molar-refractivity contribution in [1.82, 2.24) is 9.97 Å². The summed E-state index contributed by atoms with van der Waals surface area (Å²) < 4.78 is 6.36. The molecule has 104 valence electrons. The molecule has 0 spiro atoms. The summed E-state index contributed by atoms with van der Waals surface area (Å²) in [5.74, 6) is 2.00. The van der Waals surface area contributed by atoms with E-state index in [-0.39, 0.29) is 0 Å². The molecule has 4 nitrogen and oxygen atoms in total. The van der Waals surface area contributed by atoms with Crippen molar-refractivity contribution in [3.63, 3.8) is 0 Å². The highest BCUT2D eigenvalue weighted by Gasteiger charge is 2.18. The zero-order valence-electron chi connectivity index (χ0n) is 11.3. The van der Waals surface area contributed by atoms with E-state index < -0.39 is 0 Å². The third-order valence-electron chi connectivity index (χ3n) is 3.62. The molecule has 2 N–H and O–H groups in total. The van der Waals surface area contributed by atoms with Gasteiger partial charge in [0.2, 0.25) is 0 Å². The lowest BCUT2D eigenvalue weighted by Gasteiger charge is -2.18. The number of halogens is 1. The van der Waals surface area contributed by atoms with Crippen molar-refractivity contribution in [2.24, 2.45) is 0 Å². The van der Waals surface area contributed by atoms with E-state index in [9.17, 15) is 0 Å². The molecule has 0 atom stereocenters. The molecule has 3 rings (SSSR count). The van der Waals surface area contributed by atoms with Crippen LogP contribution in [0.5, 0.6) is 5.75 Å². The number of anilines is 1. The fraction of sp³-hybridized carbons (Fsp3) is 0.333. The quantitative estimate of drug-likeness (QED) is 0.915. The smallest absolute Gasteiger partial charge is 0.165 e. The van der Waals surface area contributed by atoms with Crippen molar-refractivity contribution in [3.05, 3.63) is 33.9 Å². The molecule has 1 aromatic heterocycles. The largest absolute Gasteiger partial charge is 0.496 e. The summed E-state index contributed by atoms with van der Waals surface area (Å²) in [6.07, 6.45) is 4.29. The maximum Gasteiger partial charge on any atom is 0.165 e. The Hall–Kier alpha value is -1.62. The van der Waals surface area contributed by atoms with E-state index in [0.29, 0.717) is 11.6 Å². The van der Waals surface area contributed by atoms with Gasteiger partial charge in [0.05, 0.1) is 12.7 Å². The van der Waals surface area contributed by atoms with Gasteiger partial charge in [-0.05, 0) is 43.9 Å². The topological polar surface area (TPSA) is 61.0 Å². The molecule has 0 aliphatic heterocycles. The fourth-order valence-electron chi connectivity index (χ4n) is 2.60. The van der Waals surface area contributed by atoms with Crippen molar-refractivity contribution >= 4 is 21.7 Å². The predicted molar refractivity (Wildman–Crippen MR) is 82.8 cm³/mol. The number of hydrogen-bond acceptors (Lipinski definition) is 4. The van der Waals surface area contributed by atoms with Gasteiger partial charge >= 0.3 is 0 Å². The zero-order chi connectivity index (χ0) is 14.1. The van der Waals surface area contributed by atoms with Gasteiger partial charge in [-0.1, -0.05) is 15.9 Å². The summed E-state index contributed by atoms with van der Waals surface area (Å²) in [7, 11) is 1.65. The number of benzene rings is 1. The molecule has 0 saturated heterocycles. The predicted octanol–water partition coefficient (Wildman–Crippen LogP) is 3.38. The number of aryl methyl sites for hydroxylation is 1. The van der Waals surface area contributed by atoms with Gasteiger partial charge in [0, 0.05) is 15.7 Å². The van der Waals surface area contributed by atoms with Crippen LogP contribution in [0.15, 0.2) is 22.7 Å². The Morgan fingerprint density at radius 3 is 2.80 bits per heavy atom. The molecule has 0 amide bonds. The Morgan fingerprint density at radius 1 is 1.20 bits per heavy atom. The molecule has 2 aromatic rings. The first-order valence-electron chi connectivity index (χ1n) is 6.68. The summed E-state index contributed by atoms with van der Waals surface area (Å²) in [5.41, 5.74) is 9.17. The minimum atomic E-state index is 0.603. The van der Waals surface area contributed by atoms with Crippen LogP contribution in [0.4, 0.5) is 5.82 Å². The number of ether oxygens (including phenoxy) is 1. The van der Waals surface area contributed by atoms with Crippen LogP contribution in [0, 0.1) is 0 Å². The minimum absolute atomic E-state index is 0.603. The Balaban J connectivity index is 2.15. The molecule has 0 unspecified atom stereocenters. The van der Waals surface area contributed by atoms with E-state index in [2.05, 4.69) is 20.9 Å². The SMILES string of the molecule is COc1ccc(Br)cc1-c1nc(N)c2c(n1)CCCC2. The van der Waals surface area contributed by atoms with Crippen LogP contribution in [-0.2, 0) is 12.8 Å². The Labute approximate surface area is 126 Å². The van der Waals surface area contributed by atoms with Gasteiger partial charge < -0.3 is 10.5 Å². The lowest BCUT2D eigenvalue weighted by atomic mass is 9.96. The molecule has 0 fully saturated rings. The van der Waals surface area contributed by atoms with E-state index in [1.165, 1.54) is 12.8 Å². The van der Waals surface area contributed by atoms with Gasteiger partial charge in [-0.15, -0.1) is 0 Å². The number of nitrogens with two attached hydrogens (primary N) is 1. The molecule has 0 saturated carbocycles. The number of fused-ring (bicyclic) bond motifs is 1. The standard InChI is InChI=1S/C15H16BrN3O/c1-20-13-7-6-9(16)8-11(13)15-18-12-5-3-2-4-10(12)14(17)19-15/h6-8H,2-5H2,1H3,(H2,17,18,19). The van der Waals surface area contributed by atoms with Gasteiger partial charge in [-0.2, -0.15) is 0 Å². The molecule has 5 heteroatoms. The first kappa shape index (κ1) is 13.4. The van der Waals surface area contributed by atoms with Crippen LogP contribution < -0.4 is 10.5 Å². The summed E-state index contributed by atoms with van der Waals surface area (Å²) in [4.78, 5) is 9.17. The second kappa shape index (κ2) is 5.40. The molecule has 1 aliphatic carbocycles. The molecule has 1 heterocycles. The third kappa shape index (κ3) is 2.38. The van der Waals surface area contributed by atoms with Crippen LogP contribution in [0.25, 0.3) is 11.4 Å². The van der Waals surface area contributed by atoms with Gasteiger partial charge in [-0.3, -0.25) is 0 Å². The van der Waals surface area contributed by atoms with Crippen LogP contribution in [0.3, 0.4) is 0 Å². The van der Waals surface area contributed by atoms with Gasteiger partial charge in [0.1, 0.15) is 11.6 Å². The van der Waals surface area contributed by atoms with Crippen molar-refractivity contribution in [1.29, 1.82) is 0 Å². The number of hydrogen-bond donors (Lipinski definition) is 1. The summed E-state index contributed by atoms with van der Waals surface area (Å²) in [5, 5.41) is 0. The van der Waals surface area contributed by atoms with Gasteiger partial charge in [-0.25, -0.2) is 9.97 Å². The highest BCUT2D eigenvalue weighted by molar-refractivity contribution is 9.10. The van der Waals surface area contributed by atoms with E-state index >= 15 is 0 Å². The molecule has 20 heavy (non-hydrogen) atoms. The number of aromatic nitrogens is 2. The van der Waals surface area contributed by atoms with Crippen molar-refractivity contribution < 1.29 is 4.74 Å². The minimum Gasteiger partial charge on any atom is -0.496 e. The summed E-state index contributed by atoms with van der Waals surface area (Å²) in [6, 6.07) is 5.80. The zero-order valence-corrected chi connectivity index (χ0v) is 12.9. The van der Waals surface area contributed by atoms with Crippen LogP contribution in [0.1, 0.15) is 24.1 Å². The molecule has 1 aromatic carbocycles. The second-order valence-electron chi connectivity index (χ2n) is 4.91. The maximum atomic E-state index is 6.11. The van der Waals surface area contributed by atoms with Gasteiger partial charge in [0.25, 0.3) is 0 Å². The van der Waals surface area contributed by atoms with E-state index in [1.807, 2.05) is 18.2 Å². The highest BCUT2D eigenvalue weighted by atomic mass is 79.9. The van der Waals surface area contributed by atoms with Gasteiger partial charge in [0.15, 0.2) is 5.82 Å². The number of nitrogen functional groups attached to an aromatic ring is 1. The van der Waals surface area contributed by atoms with Crippen LogP contribution in [-0.4, -0.2) is 17.1 Å². The molecular weight excluding hydrogens is 318 g/mol. The van der Waals surface area contributed by atoms with E-state index in [1.54, 1.807) is 7.11 Å². The summed E-state index contributed by atoms with van der Waals surface area (Å²) in [6.45, 7) is 0. The molecule has 0 bridgehead atoms. The monoisotopic (exact) mass is 333 g/mol. The fourth-order valence-corrected chi connectivity index (χ4v) is 2.96. The van der Waals surface area contributed by atoms with E-state index in [0.717, 1.165) is 39.9 Å². The van der Waals surface area contributed by atoms with Crippen molar-refractivity contribution in [2.45, 2.75) is 25.7 Å². The molecule has 1 aliphatic rings. The Kier molecular flexibility index (Phi) is 3.61. The average Bonchev–Trinajstić information content (AvgIpc) is 2.47. The van der Waals surface area contributed by atoms with Crippen LogP contribution >= 0.6 is 15.9 Å². The van der Waals surface area contributed by atoms with Crippen LogP contribution in [0.2, 0.25) is 0 Å². The third-order valence-corrected chi connectivity index (χ3v) is 4.11. The molecular formula is C15H16BrN3O. The lowest BCUT2D eigenvalue weighted by molar-refractivity contribution is 0.416. The first-order valence-corrected chi connectivity index (χ1v) is 7.47. The lowest BCUT2D eigenvalue weighted by Crippen LogP contribution is -2.12. The van der Waals surface area contributed by atoms with Crippen molar-refractivity contribution in [3.8, 4) is 17.1 Å².